The molecule has 0 bridgehead atoms. The van der Waals surface area contributed by atoms with Gasteiger partial charge in [0, 0.05) is 25.0 Å². The van der Waals surface area contributed by atoms with Crippen molar-refractivity contribution in [3.63, 3.8) is 0 Å². The van der Waals surface area contributed by atoms with Crippen LogP contribution >= 0.6 is 0 Å². The van der Waals surface area contributed by atoms with Crippen LogP contribution in [-0.4, -0.2) is 47.2 Å². The van der Waals surface area contributed by atoms with Crippen molar-refractivity contribution >= 4 is 11.9 Å². The first-order valence-electron chi connectivity index (χ1n) is 7.64. The van der Waals surface area contributed by atoms with Gasteiger partial charge in [-0.2, -0.15) is 0 Å². The van der Waals surface area contributed by atoms with E-state index in [1.807, 2.05) is 11.8 Å². The molecule has 2 heterocycles. The summed E-state index contributed by atoms with van der Waals surface area (Å²) in [6.07, 6.45) is 7.99. The lowest BCUT2D eigenvalue weighted by atomic mass is 10.0. The third kappa shape index (κ3) is 3.15. The molecule has 6 nitrogen and oxygen atoms in total. The van der Waals surface area contributed by atoms with Gasteiger partial charge in [0.2, 0.25) is 5.95 Å². The quantitative estimate of drug-likeness (QED) is 0.904. The number of nitrogens with zero attached hydrogens (tertiary/aromatic N) is 3. The minimum absolute atomic E-state index is 0.0185. The second-order valence-corrected chi connectivity index (χ2v) is 6.00. The van der Waals surface area contributed by atoms with E-state index in [1.165, 1.54) is 12.8 Å². The Labute approximate surface area is 124 Å². The van der Waals surface area contributed by atoms with Gasteiger partial charge in [-0.05, 0) is 25.8 Å². The molecule has 21 heavy (non-hydrogen) atoms. The summed E-state index contributed by atoms with van der Waals surface area (Å²) in [7, 11) is 0. The Bertz CT molecular complexity index is 490. The van der Waals surface area contributed by atoms with Crippen LogP contribution in [0.1, 0.15) is 32.6 Å². The molecule has 3 rings (SSSR count). The highest BCUT2D eigenvalue weighted by molar-refractivity contribution is 5.86. The highest BCUT2D eigenvalue weighted by Gasteiger charge is 2.41. The number of hydrogen-bond donors (Lipinski definition) is 1. The van der Waals surface area contributed by atoms with Crippen molar-refractivity contribution in [3.8, 4) is 0 Å². The van der Waals surface area contributed by atoms with Crippen LogP contribution in [0.4, 0.5) is 5.95 Å². The van der Waals surface area contributed by atoms with Crippen LogP contribution in [-0.2, 0) is 9.53 Å². The van der Waals surface area contributed by atoms with Crippen LogP contribution in [0.5, 0.6) is 0 Å². The summed E-state index contributed by atoms with van der Waals surface area (Å²) in [5, 5.41) is 3.13. The molecule has 0 radical (unpaired) electrons. The number of morpholine rings is 1. The van der Waals surface area contributed by atoms with Gasteiger partial charge in [0.05, 0.1) is 13.2 Å². The Morgan fingerprint density at radius 2 is 2.10 bits per heavy atom. The SMILES string of the molecule is CC1(C(=O)NC2CCCC2)CN(c2ncccn2)CCO1. The minimum atomic E-state index is -0.833. The van der Waals surface area contributed by atoms with E-state index in [4.69, 9.17) is 4.74 Å². The van der Waals surface area contributed by atoms with Crippen molar-refractivity contribution in [3.05, 3.63) is 18.5 Å². The van der Waals surface area contributed by atoms with Gasteiger partial charge < -0.3 is 15.0 Å². The maximum absolute atomic E-state index is 12.5. The number of nitrogens with one attached hydrogen (secondary N) is 1. The third-order valence-electron chi connectivity index (χ3n) is 4.28. The molecule has 1 saturated carbocycles. The van der Waals surface area contributed by atoms with Crippen LogP contribution in [0.15, 0.2) is 18.5 Å². The topological polar surface area (TPSA) is 67.4 Å². The summed E-state index contributed by atoms with van der Waals surface area (Å²) >= 11 is 0. The number of carbonyl (C=O) groups excluding carboxylic acids is 1. The van der Waals surface area contributed by atoms with Crippen molar-refractivity contribution in [2.24, 2.45) is 0 Å². The first kappa shape index (κ1) is 14.3. The van der Waals surface area contributed by atoms with Crippen LogP contribution in [0.25, 0.3) is 0 Å². The second-order valence-electron chi connectivity index (χ2n) is 6.00. The van der Waals surface area contributed by atoms with E-state index in [2.05, 4.69) is 15.3 Å². The Morgan fingerprint density at radius 1 is 1.38 bits per heavy atom. The molecule has 1 aromatic rings. The fourth-order valence-corrected chi connectivity index (χ4v) is 3.04. The smallest absolute Gasteiger partial charge is 0.254 e. The van der Waals surface area contributed by atoms with Crippen LogP contribution in [0.3, 0.4) is 0 Å². The molecule has 1 amide bonds. The van der Waals surface area contributed by atoms with Crippen molar-refractivity contribution in [1.29, 1.82) is 0 Å². The van der Waals surface area contributed by atoms with E-state index < -0.39 is 5.60 Å². The zero-order valence-electron chi connectivity index (χ0n) is 12.4. The Morgan fingerprint density at radius 3 is 2.81 bits per heavy atom. The fraction of sp³-hybridized carbons (Fsp3) is 0.667. The van der Waals surface area contributed by atoms with Gasteiger partial charge in [0.25, 0.3) is 5.91 Å². The molecule has 1 unspecified atom stereocenters. The summed E-state index contributed by atoms with van der Waals surface area (Å²) in [6.45, 7) is 3.55. The molecular weight excluding hydrogens is 268 g/mol. The molecule has 1 aliphatic heterocycles. The molecule has 1 atom stereocenters. The standard InChI is InChI=1S/C15H22N4O2/c1-15(13(20)18-12-5-2-3-6-12)11-19(9-10-21-15)14-16-7-4-8-17-14/h4,7-8,12H,2-3,5-6,9-11H2,1H3,(H,18,20). The molecule has 114 valence electrons. The van der Waals surface area contributed by atoms with E-state index in [0.717, 1.165) is 12.8 Å². The monoisotopic (exact) mass is 290 g/mol. The van der Waals surface area contributed by atoms with E-state index in [0.29, 0.717) is 31.7 Å². The maximum Gasteiger partial charge on any atom is 0.254 e. The number of rotatable bonds is 3. The first-order valence-corrected chi connectivity index (χ1v) is 7.64. The summed E-state index contributed by atoms with van der Waals surface area (Å²) in [4.78, 5) is 23.1. The highest BCUT2D eigenvalue weighted by atomic mass is 16.5. The van der Waals surface area contributed by atoms with Gasteiger partial charge in [-0.3, -0.25) is 4.79 Å². The number of anilines is 1. The van der Waals surface area contributed by atoms with E-state index >= 15 is 0 Å². The lowest BCUT2D eigenvalue weighted by Gasteiger charge is -2.39. The molecule has 6 heteroatoms. The number of hydrogen-bond acceptors (Lipinski definition) is 5. The van der Waals surface area contributed by atoms with Gasteiger partial charge in [-0.15, -0.1) is 0 Å². The van der Waals surface area contributed by atoms with Crippen LogP contribution in [0, 0.1) is 0 Å². The Balaban J connectivity index is 1.67. The normalized spacial score (nSPS) is 26.8. The van der Waals surface area contributed by atoms with Crippen LogP contribution in [0.2, 0.25) is 0 Å². The van der Waals surface area contributed by atoms with Crippen molar-refractivity contribution in [2.45, 2.75) is 44.2 Å². The van der Waals surface area contributed by atoms with E-state index in [9.17, 15) is 4.79 Å². The van der Waals surface area contributed by atoms with Crippen molar-refractivity contribution in [1.82, 2.24) is 15.3 Å². The van der Waals surface area contributed by atoms with Gasteiger partial charge in [-0.1, -0.05) is 12.8 Å². The third-order valence-corrected chi connectivity index (χ3v) is 4.28. The molecule has 2 aliphatic rings. The molecule has 0 aromatic carbocycles. The molecule has 1 saturated heterocycles. The van der Waals surface area contributed by atoms with E-state index in [1.54, 1.807) is 18.5 Å². The molecular formula is C15H22N4O2. The number of ether oxygens (including phenoxy) is 1. The highest BCUT2D eigenvalue weighted by Crippen LogP contribution is 2.23. The summed E-state index contributed by atoms with van der Waals surface area (Å²) in [5.74, 6) is 0.635. The average Bonchev–Trinajstić information content (AvgIpc) is 3.01. The molecule has 1 aliphatic carbocycles. The fourth-order valence-electron chi connectivity index (χ4n) is 3.04. The van der Waals surface area contributed by atoms with Crippen molar-refractivity contribution in [2.75, 3.05) is 24.6 Å². The zero-order chi connectivity index (χ0) is 14.7. The number of aromatic nitrogens is 2. The maximum atomic E-state index is 12.5. The van der Waals surface area contributed by atoms with E-state index in [-0.39, 0.29) is 5.91 Å². The largest absolute Gasteiger partial charge is 0.362 e. The van der Waals surface area contributed by atoms with Gasteiger partial charge in [0.15, 0.2) is 5.60 Å². The first-order chi connectivity index (χ1) is 10.2. The predicted molar refractivity (Wildman–Crippen MR) is 79.0 cm³/mol. The predicted octanol–water partition coefficient (Wildman–Crippen LogP) is 1.13. The Kier molecular flexibility index (Phi) is 4.05. The van der Waals surface area contributed by atoms with Crippen LogP contribution < -0.4 is 10.2 Å². The number of amides is 1. The molecule has 2 fully saturated rings. The molecule has 0 spiro atoms. The molecule has 1 aromatic heterocycles. The lowest BCUT2D eigenvalue weighted by molar-refractivity contribution is -0.147. The van der Waals surface area contributed by atoms with Gasteiger partial charge in [0.1, 0.15) is 0 Å². The second kappa shape index (κ2) is 5.97. The van der Waals surface area contributed by atoms with Crippen molar-refractivity contribution < 1.29 is 9.53 Å². The number of carbonyl (C=O) groups is 1. The minimum Gasteiger partial charge on any atom is -0.362 e. The summed E-state index contributed by atoms with van der Waals surface area (Å²) in [6, 6.07) is 2.09. The lowest BCUT2D eigenvalue weighted by Crippen LogP contribution is -2.59. The average molecular weight is 290 g/mol. The summed E-state index contributed by atoms with van der Waals surface area (Å²) < 4.78 is 5.78. The zero-order valence-corrected chi connectivity index (χ0v) is 12.4. The summed E-state index contributed by atoms with van der Waals surface area (Å²) in [5.41, 5.74) is -0.833. The molecule has 1 N–H and O–H groups in total. The Hall–Kier alpha value is -1.69. The van der Waals surface area contributed by atoms with Gasteiger partial charge >= 0.3 is 0 Å². The van der Waals surface area contributed by atoms with Gasteiger partial charge in [-0.25, -0.2) is 9.97 Å².